The van der Waals surface area contributed by atoms with Gasteiger partial charge >= 0.3 is 6.18 Å². The lowest BCUT2D eigenvalue weighted by Crippen LogP contribution is -2.38. The summed E-state index contributed by atoms with van der Waals surface area (Å²) in [5.41, 5.74) is 0.0969. The van der Waals surface area contributed by atoms with E-state index in [4.69, 9.17) is 5.11 Å². The molecule has 0 unspecified atom stereocenters. The number of benzene rings is 1. The molecule has 1 aromatic carbocycles. The summed E-state index contributed by atoms with van der Waals surface area (Å²) in [4.78, 5) is 2.01. The van der Waals surface area contributed by atoms with Crippen molar-refractivity contribution in [1.82, 2.24) is 0 Å². The van der Waals surface area contributed by atoms with Gasteiger partial charge in [-0.25, -0.2) is 0 Å². The SMILES string of the molecule is CCC1(C)CCN(c2ccc(CO)c(C(F)(F)F)c2)CC1. The largest absolute Gasteiger partial charge is 0.416 e. The van der Waals surface area contributed by atoms with Crippen LogP contribution in [0.4, 0.5) is 18.9 Å². The molecule has 118 valence electrons. The highest BCUT2D eigenvalue weighted by atomic mass is 19.4. The quantitative estimate of drug-likeness (QED) is 0.904. The van der Waals surface area contributed by atoms with Crippen molar-refractivity contribution in [2.24, 2.45) is 5.41 Å². The van der Waals surface area contributed by atoms with Crippen molar-refractivity contribution in [2.75, 3.05) is 18.0 Å². The lowest BCUT2D eigenvalue weighted by atomic mass is 9.78. The molecule has 2 nitrogen and oxygen atoms in total. The number of aliphatic hydroxyl groups is 1. The topological polar surface area (TPSA) is 23.5 Å². The number of piperidine rings is 1. The van der Waals surface area contributed by atoms with Gasteiger partial charge in [-0.1, -0.05) is 26.3 Å². The van der Waals surface area contributed by atoms with Gasteiger partial charge in [0.1, 0.15) is 0 Å². The molecule has 2 rings (SSSR count). The molecule has 0 amide bonds. The van der Waals surface area contributed by atoms with Gasteiger partial charge in [0, 0.05) is 18.8 Å². The molecule has 0 saturated carbocycles. The molecule has 5 heteroatoms. The molecule has 1 aliphatic rings. The van der Waals surface area contributed by atoms with Gasteiger partial charge in [0.15, 0.2) is 0 Å². The molecular formula is C16H22F3NO. The first-order valence-corrected chi connectivity index (χ1v) is 7.35. The minimum atomic E-state index is -4.43. The number of hydrogen-bond donors (Lipinski definition) is 1. The molecule has 1 aromatic rings. The van der Waals surface area contributed by atoms with Crippen molar-refractivity contribution in [3.8, 4) is 0 Å². The Kier molecular flexibility index (Phi) is 4.51. The van der Waals surface area contributed by atoms with Crippen molar-refractivity contribution >= 4 is 5.69 Å². The number of hydrogen-bond acceptors (Lipinski definition) is 2. The number of rotatable bonds is 3. The number of aliphatic hydroxyl groups excluding tert-OH is 1. The smallest absolute Gasteiger partial charge is 0.392 e. The normalized spacial score (nSPS) is 18.9. The fourth-order valence-corrected chi connectivity index (χ4v) is 2.82. The summed E-state index contributed by atoms with van der Waals surface area (Å²) in [7, 11) is 0. The second-order valence-electron chi connectivity index (χ2n) is 6.15. The van der Waals surface area contributed by atoms with E-state index in [0.29, 0.717) is 11.1 Å². The van der Waals surface area contributed by atoms with E-state index in [9.17, 15) is 13.2 Å². The van der Waals surface area contributed by atoms with E-state index in [1.165, 1.54) is 12.1 Å². The molecule has 0 bridgehead atoms. The van der Waals surface area contributed by atoms with Gasteiger partial charge in [-0.15, -0.1) is 0 Å². The maximum absolute atomic E-state index is 13.0. The number of alkyl halides is 3. The van der Waals surface area contributed by atoms with Crippen LogP contribution in [-0.2, 0) is 12.8 Å². The van der Waals surface area contributed by atoms with E-state index < -0.39 is 18.3 Å². The van der Waals surface area contributed by atoms with Crippen molar-refractivity contribution in [3.05, 3.63) is 29.3 Å². The van der Waals surface area contributed by atoms with E-state index in [1.54, 1.807) is 6.07 Å². The first-order valence-electron chi connectivity index (χ1n) is 7.35. The molecular weight excluding hydrogens is 279 g/mol. The Bertz CT molecular complexity index is 491. The van der Waals surface area contributed by atoms with Gasteiger partial charge in [-0.2, -0.15) is 13.2 Å². The van der Waals surface area contributed by atoms with Gasteiger partial charge in [0.25, 0.3) is 0 Å². The summed E-state index contributed by atoms with van der Waals surface area (Å²) in [6.07, 6.45) is -1.35. The van der Waals surface area contributed by atoms with Crippen LogP contribution >= 0.6 is 0 Å². The van der Waals surface area contributed by atoms with Gasteiger partial charge < -0.3 is 10.0 Å². The van der Waals surface area contributed by atoms with E-state index in [-0.39, 0.29) is 5.56 Å². The predicted molar refractivity (Wildman–Crippen MR) is 77.2 cm³/mol. The standard InChI is InChI=1S/C16H22F3NO/c1-3-15(2)6-8-20(9-7-15)13-5-4-12(11-21)14(10-13)16(17,18)19/h4-5,10,21H,3,6-9,11H2,1-2H3. The van der Waals surface area contributed by atoms with Crippen LogP contribution in [-0.4, -0.2) is 18.2 Å². The second-order valence-corrected chi connectivity index (χ2v) is 6.15. The van der Waals surface area contributed by atoms with Gasteiger partial charge in [0.2, 0.25) is 0 Å². The van der Waals surface area contributed by atoms with Gasteiger partial charge in [0.05, 0.1) is 12.2 Å². The zero-order valence-corrected chi connectivity index (χ0v) is 12.5. The molecule has 21 heavy (non-hydrogen) atoms. The van der Waals surface area contributed by atoms with Crippen molar-refractivity contribution in [2.45, 2.75) is 45.9 Å². The first-order chi connectivity index (χ1) is 9.79. The molecule has 0 aliphatic carbocycles. The van der Waals surface area contributed by atoms with Crippen LogP contribution in [0.2, 0.25) is 0 Å². The summed E-state index contributed by atoms with van der Waals surface area (Å²) >= 11 is 0. The maximum Gasteiger partial charge on any atom is 0.416 e. The maximum atomic E-state index is 13.0. The number of anilines is 1. The van der Waals surface area contributed by atoms with Crippen LogP contribution in [0.25, 0.3) is 0 Å². The van der Waals surface area contributed by atoms with Gasteiger partial charge in [-0.3, -0.25) is 0 Å². The highest BCUT2D eigenvalue weighted by Gasteiger charge is 2.34. The predicted octanol–water partition coefficient (Wildman–Crippen LogP) is 4.21. The summed E-state index contributed by atoms with van der Waals surface area (Å²) in [6, 6.07) is 4.22. The Morgan fingerprint density at radius 1 is 1.24 bits per heavy atom. The van der Waals surface area contributed by atoms with E-state index >= 15 is 0 Å². The first kappa shape index (κ1) is 16.1. The Hall–Kier alpha value is -1.23. The van der Waals surface area contributed by atoms with Crippen LogP contribution in [0, 0.1) is 5.41 Å². The lowest BCUT2D eigenvalue weighted by Gasteiger charge is -2.40. The average molecular weight is 301 g/mol. The molecule has 1 saturated heterocycles. The fourth-order valence-electron chi connectivity index (χ4n) is 2.82. The van der Waals surface area contributed by atoms with Crippen LogP contribution in [0.1, 0.15) is 44.2 Å². The van der Waals surface area contributed by atoms with Crippen molar-refractivity contribution < 1.29 is 18.3 Å². The fraction of sp³-hybridized carbons (Fsp3) is 0.625. The molecule has 1 heterocycles. The van der Waals surface area contributed by atoms with Crippen LogP contribution in [0.5, 0.6) is 0 Å². The summed E-state index contributed by atoms with van der Waals surface area (Å²) < 4.78 is 39.1. The Labute approximate surface area is 123 Å². The van der Waals surface area contributed by atoms with Crippen molar-refractivity contribution in [3.63, 3.8) is 0 Å². The highest BCUT2D eigenvalue weighted by molar-refractivity contribution is 5.52. The van der Waals surface area contributed by atoms with Gasteiger partial charge in [-0.05, 0) is 36.0 Å². The van der Waals surface area contributed by atoms with E-state index in [2.05, 4.69) is 13.8 Å². The number of halogens is 3. The van der Waals surface area contributed by atoms with Crippen LogP contribution in [0.15, 0.2) is 18.2 Å². The van der Waals surface area contributed by atoms with Crippen molar-refractivity contribution in [1.29, 1.82) is 0 Å². The third kappa shape index (κ3) is 3.51. The third-order valence-corrected chi connectivity index (χ3v) is 4.76. The minimum Gasteiger partial charge on any atom is -0.392 e. The highest BCUT2D eigenvalue weighted by Crippen LogP contribution is 2.38. The van der Waals surface area contributed by atoms with E-state index in [1.807, 2.05) is 4.90 Å². The second kappa shape index (κ2) is 5.87. The Balaban J connectivity index is 2.22. The molecule has 0 atom stereocenters. The monoisotopic (exact) mass is 301 g/mol. The average Bonchev–Trinajstić information content (AvgIpc) is 2.46. The zero-order chi connectivity index (χ0) is 15.7. The molecule has 0 spiro atoms. The van der Waals surface area contributed by atoms with E-state index in [0.717, 1.165) is 32.4 Å². The molecule has 1 aliphatic heterocycles. The summed E-state index contributed by atoms with van der Waals surface area (Å²) in [5.74, 6) is 0. The molecule has 0 radical (unpaired) electrons. The lowest BCUT2D eigenvalue weighted by molar-refractivity contribution is -0.138. The summed E-state index contributed by atoms with van der Waals surface area (Å²) in [5, 5.41) is 9.07. The summed E-state index contributed by atoms with van der Waals surface area (Å²) in [6.45, 7) is 5.36. The molecule has 1 N–H and O–H groups in total. The third-order valence-electron chi connectivity index (χ3n) is 4.76. The number of nitrogens with zero attached hydrogens (tertiary/aromatic N) is 1. The molecule has 1 fully saturated rings. The Morgan fingerprint density at radius 3 is 2.33 bits per heavy atom. The van der Waals surface area contributed by atoms with Crippen LogP contribution < -0.4 is 4.90 Å². The zero-order valence-electron chi connectivity index (χ0n) is 12.5. The minimum absolute atomic E-state index is 0.0679. The Morgan fingerprint density at radius 2 is 1.86 bits per heavy atom. The van der Waals surface area contributed by atoms with Crippen LogP contribution in [0.3, 0.4) is 0 Å². The molecule has 0 aromatic heterocycles.